The molecule has 0 atom stereocenters. The lowest BCUT2D eigenvalue weighted by Crippen LogP contribution is -2.22. The molecule has 0 radical (unpaired) electrons. The van der Waals surface area contributed by atoms with Gasteiger partial charge in [0, 0.05) is 12.8 Å². The zero-order valence-electron chi connectivity index (χ0n) is 15.4. The van der Waals surface area contributed by atoms with E-state index in [-0.39, 0.29) is 17.3 Å². The van der Waals surface area contributed by atoms with Gasteiger partial charge in [-0.15, -0.1) is 0 Å². The van der Waals surface area contributed by atoms with Gasteiger partial charge in [0.15, 0.2) is 0 Å². The van der Waals surface area contributed by atoms with Crippen LogP contribution >= 0.6 is 0 Å². The number of halogens is 3. The number of unbranched alkanes of at least 4 members (excludes halogenated alkanes) is 3. The molecule has 0 aliphatic heterocycles. The summed E-state index contributed by atoms with van der Waals surface area (Å²) in [5.41, 5.74) is -0.720. The molecule has 0 unspecified atom stereocenters. The van der Waals surface area contributed by atoms with E-state index < -0.39 is 17.7 Å². The average molecular weight is 372 g/mol. The number of ether oxygens (including phenoxy) is 1. The van der Waals surface area contributed by atoms with Crippen molar-refractivity contribution >= 4 is 11.6 Å². The van der Waals surface area contributed by atoms with Gasteiger partial charge in [0.2, 0.25) is 0 Å². The Hall–Kier alpha value is -1.85. The summed E-state index contributed by atoms with van der Waals surface area (Å²) in [4.78, 5) is 23.6. The summed E-state index contributed by atoms with van der Waals surface area (Å²) in [6.07, 6.45) is 0.150. The first-order valence-electron chi connectivity index (χ1n) is 9.15. The number of Topliss-reactive ketones (excluding diaryl/α,β-unsaturated/α-hetero) is 2. The molecular weight excluding hydrogens is 345 g/mol. The van der Waals surface area contributed by atoms with Crippen LogP contribution in [0.2, 0.25) is 0 Å². The van der Waals surface area contributed by atoms with Crippen molar-refractivity contribution in [2.75, 3.05) is 6.61 Å². The lowest BCUT2D eigenvalue weighted by molar-refractivity contribution is -0.137. The van der Waals surface area contributed by atoms with Gasteiger partial charge in [-0.1, -0.05) is 39.2 Å². The van der Waals surface area contributed by atoms with E-state index in [2.05, 4.69) is 0 Å². The predicted octanol–water partition coefficient (Wildman–Crippen LogP) is 5.61. The van der Waals surface area contributed by atoms with E-state index in [9.17, 15) is 22.8 Å². The molecule has 0 heterocycles. The van der Waals surface area contributed by atoms with Crippen LogP contribution in [0.1, 0.15) is 64.4 Å². The van der Waals surface area contributed by atoms with Crippen molar-refractivity contribution in [1.29, 1.82) is 0 Å². The van der Waals surface area contributed by atoms with Crippen LogP contribution in [0, 0.1) is 5.92 Å². The number of rotatable bonds is 12. The highest BCUT2D eigenvalue weighted by atomic mass is 19.4. The molecular formula is C20H27F3O3. The lowest BCUT2D eigenvalue weighted by Gasteiger charge is -2.13. The summed E-state index contributed by atoms with van der Waals surface area (Å²) in [6.45, 7) is 3.87. The third kappa shape index (κ3) is 7.58. The van der Waals surface area contributed by atoms with E-state index >= 15 is 0 Å². The Kier molecular flexibility index (Phi) is 9.38. The topological polar surface area (TPSA) is 43.4 Å². The van der Waals surface area contributed by atoms with Crippen LogP contribution in [0.3, 0.4) is 0 Å². The fraction of sp³-hybridized carbons (Fsp3) is 0.600. The third-order valence-corrected chi connectivity index (χ3v) is 4.29. The maximum absolute atomic E-state index is 12.6. The maximum atomic E-state index is 12.6. The second kappa shape index (κ2) is 11.0. The molecule has 0 aliphatic rings. The summed E-state index contributed by atoms with van der Waals surface area (Å²) in [5, 5.41) is 0. The Morgan fingerprint density at radius 2 is 1.62 bits per heavy atom. The van der Waals surface area contributed by atoms with Crippen molar-refractivity contribution in [3.63, 3.8) is 0 Å². The fourth-order valence-corrected chi connectivity index (χ4v) is 2.75. The minimum Gasteiger partial charge on any atom is -0.494 e. The summed E-state index contributed by atoms with van der Waals surface area (Å²) in [7, 11) is 0. The molecule has 0 aromatic heterocycles. The monoisotopic (exact) mass is 372 g/mol. The molecule has 0 saturated carbocycles. The van der Waals surface area contributed by atoms with E-state index in [1.165, 1.54) is 12.1 Å². The molecule has 3 nitrogen and oxygen atoms in total. The molecule has 0 amide bonds. The summed E-state index contributed by atoms with van der Waals surface area (Å²) >= 11 is 0. The van der Waals surface area contributed by atoms with Crippen molar-refractivity contribution in [1.82, 2.24) is 0 Å². The Balaban J connectivity index is 2.27. The molecule has 0 N–H and O–H groups in total. The molecule has 0 fully saturated rings. The Labute approximate surface area is 152 Å². The van der Waals surface area contributed by atoms with Crippen molar-refractivity contribution in [3.05, 3.63) is 29.8 Å². The van der Waals surface area contributed by atoms with Gasteiger partial charge in [0.1, 0.15) is 17.3 Å². The molecule has 0 aliphatic carbocycles. The van der Waals surface area contributed by atoms with Gasteiger partial charge in [-0.3, -0.25) is 9.59 Å². The van der Waals surface area contributed by atoms with Crippen molar-refractivity contribution < 1.29 is 27.5 Å². The van der Waals surface area contributed by atoms with E-state index in [1.807, 2.05) is 0 Å². The van der Waals surface area contributed by atoms with Crippen LogP contribution < -0.4 is 4.74 Å². The molecule has 26 heavy (non-hydrogen) atoms. The first kappa shape index (κ1) is 22.2. The first-order chi connectivity index (χ1) is 12.3. The van der Waals surface area contributed by atoms with Gasteiger partial charge >= 0.3 is 6.18 Å². The second-order valence-corrected chi connectivity index (χ2v) is 6.27. The Bertz CT molecular complexity index is 566. The van der Waals surface area contributed by atoms with Gasteiger partial charge in [0.05, 0.1) is 18.1 Å². The number of hydrogen-bond acceptors (Lipinski definition) is 3. The number of ketones is 2. The van der Waals surface area contributed by atoms with Gasteiger partial charge < -0.3 is 4.74 Å². The highest BCUT2D eigenvalue weighted by molar-refractivity contribution is 6.02. The molecule has 1 aromatic rings. The SMILES string of the molecule is CCC(=O)C(CCCCCCOc1cccc(C(F)(F)F)c1)C(=O)CC. The minimum atomic E-state index is -4.37. The largest absolute Gasteiger partial charge is 0.494 e. The van der Waals surface area contributed by atoms with Crippen molar-refractivity contribution in [2.24, 2.45) is 5.92 Å². The van der Waals surface area contributed by atoms with Crippen molar-refractivity contribution in [3.8, 4) is 5.75 Å². The zero-order chi connectivity index (χ0) is 19.6. The molecule has 0 saturated heterocycles. The number of carbonyl (C=O) groups is 2. The number of carbonyl (C=O) groups excluding carboxylic acids is 2. The van der Waals surface area contributed by atoms with Crippen LogP contribution in [0.5, 0.6) is 5.75 Å². The molecule has 146 valence electrons. The van der Waals surface area contributed by atoms with Gasteiger partial charge in [-0.2, -0.15) is 13.2 Å². The zero-order valence-corrected chi connectivity index (χ0v) is 15.4. The van der Waals surface area contributed by atoms with Crippen LogP contribution in [0.25, 0.3) is 0 Å². The van der Waals surface area contributed by atoms with Gasteiger partial charge in [-0.05, 0) is 31.0 Å². The summed E-state index contributed by atoms with van der Waals surface area (Å²) in [5.74, 6) is -0.261. The molecule has 0 bridgehead atoms. The Morgan fingerprint density at radius 1 is 1.00 bits per heavy atom. The smallest absolute Gasteiger partial charge is 0.416 e. The normalized spacial score (nSPS) is 11.6. The van der Waals surface area contributed by atoms with Crippen LogP contribution in [0.15, 0.2) is 24.3 Å². The second-order valence-electron chi connectivity index (χ2n) is 6.27. The first-order valence-corrected chi connectivity index (χ1v) is 9.15. The standard InChI is InChI=1S/C20H27F3O3/c1-3-18(24)17(19(25)4-2)12-7-5-6-8-13-26-16-11-9-10-15(14-16)20(21,22)23/h9-11,14,17H,3-8,12-13H2,1-2H3. The highest BCUT2D eigenvalue weighted by Crippen LogP contribution is 2.31. The van der Waals surface area contributed by atoms with Crippen LogP contribution in [-0.2, 0) is 15.8 Å². The lowest BCUT2D eigenvalue weighted by atomic mass is 9.90. The van der Waals surface area contributed by atoms with E-state index in [0.29, 0.717) is 32.3 Å². The predicted molar refractivity (Wildman–Crippen MR) is 94.1 cm³/mol. The van der Waals surface area contributed by atoms with E-state index in [1.54, 1.807) is 13.8 Å². The third-order valence-electron chi connectivity index (χ3n) is 4.29. The van der Waals surface area contributed by atoms with E-state index in [0.717, 1.165) is 31.4 Å². The average Bonchev–Trinajstić information content (AvgIpc) is 2.62. The number of hydrogen-bond donors (Lipinski definition) is 0. The molecule has 6 heteroatoms. The van der Waals surface area contributed by atoms with Crippen LogP contribution in [0.4, 0.5) is 13.2 Å². The molecule has 1 rings (SSSR count). The minimum absolute atomic E-state index is 0.00438. The fourth-order valence-electron chi connectivity index (χ4n) is 2.75. The van der Waals surface area contributed by atoms with E-state index in [4.69, 9.17) is 4.74 Å². The van der Waals surface area contributed by atoms with Gasteiger partial charge in [0.25, 0.3) is 0 Å². The number of alkyl halides is 3. The quantitative estimate of drug-likeness (QED) is 0.354. The van der Waals surface area contributed by atoms with Crippen LogP contribution in [-0.4, -0.2) is 18.2 Å². The summed E-state index contributed by atoms with van der Waals surface area (Å²) in [6, 6.07) is 4.84. The molecule has 0 spiro atoms. The highest BCUT2D eigenvalue weighted by Gasteiger charge is 2.30. The molecule has 1 aromatic carbocycles. The number of benzene rings is 1. The summed E-state index contributed by atoms with van der Waals surface area (Å²) < 4.78 is 43.2. The maximum Gasteiger partial charge on any atom is 0.416 e. The Morgan fingerprint density at radius 3 is 2.19 bits per heavy atom. The van der Waals surface area contributed by atoms with Gasteiger partial charge in [-0.25, -0.2) is 0 Å². The van der Waals surface area contributed by atoms with Crippen molar-refractivity contribution in [2.45, 2.75) is 65.0 Å².